The Morgan fingerprint density at radius 1 is 1.44 bits per heavy atom. The van der Waals surface area contributed by atoms with Gasteiger partial charge in [-0.05, 0) is 26.4 Å². The molecule has 0 atom stereocenters. The lowest BCUT2D eigenvalue weighted by molar-refractivity contribution is -0.116. The second-order valence-electron chi connectivity index (χ2n) is 3.11. The topological polar surface area (TPSA) is 66.9 Å². The first-order valence-electron chi connectivity index (χ1n) is 5.03. The van der Waals surface area contributed by atoms with E-state index in [-0.39, 0.29) is 18.3 Å². The van der Waals surface area contributed by atoms with Crippen molar-refractivity contribution in [2.24, 2.45) is 0 Å². The molecular weight excluding hydrogens is 248 g/mol. The van der Waals surface area contributed by atoms with Gasteiger partial charge in [0.05, 0.1) is 0 Å². The number of aromatic nitrogens is 2. The molecular formula is C9H17ClN4OS. The minimum Gasteiger partial charge on any atom is -0.320 e. The summed E-state index contributed by atoms with van der Waals surface area (Å²) >= 11 is 1.43. The van der Waals surface area contributed by atoms with Gasteiger partial charge in [-0.1, -0.05) is 18.3 Å². The largest absolute Gasteiger partial charge is 0.320 e. The molecule has 2 N–H and O–H groups in total. The van der Waals surface area contributed by atoms with Gasteiger partial charge < -0.3 is 10.6 Å². The summed E-state index contributed by atoms with van der Waals surface area (Å²) in [6.07, 6.45) is 2.21. The Bertz CT molecular complexity index is 318. The van der Waals surface area contributed by atoms with Crippen molar-refractivity contribution in [3.63, 3.8) is 0 Å². The summed E-state index contributed by atoms with van der Waals surface area (Å²) in [6.45, 7) is 2.86. The van der Waals surface area contributed by atoms with Crippen molar-refractivity contribution in [3.8, 4) is 0 Å². The lowest BCUT2D eigenvalue weighted by Gasteiger charge is -2.00. The van der Waals surface area contributed by atoms with Crippen LogP contribution in [0.5, 0.6) is 0 Å². The van der Waals surface area contributed by atoms with Gasteiger partial charge in [0.15, 0.2) is 0 Å². The van der Waals surface area contributed by atoms with Gasteiger partial charge in [-0.25, -0.2) is 0 Å². The predicted octanol–water partition coefficient (Wildman–Crippen LogP) is 1.46. The van der Waals surface area contributed by atoms with Crippen LogP contribution in [0, 0.1) is 0 Å². The maximum atomic E-state index is 11.4. The van der Waals surface area contributed by atoms with Gasteiger partial charge in [-0.3, -0.25) is 4.79 Å². The zero-order valence-electron chi connectivity index (χ0n) is 9.45. The number of carbonyl (C=O) groups excluding carboxylic acids is 1. The molecule has 7 heteroatoms. The molecule has 0 aliphatic heterocycles. The summed E-state index contributed by atoms with van der Waals surface area (Å²) < 4.78 is 0. The first kappa shape index (κ1) is 15.3. The van der Waals surface area contributed by atoms with Crippen LogP contribution in [-0.4, -0.2) is 29.7 Å². The van der Waals surface area contributed by atoms with Crippen LogP contribution in [-0.2, 0) is 11.2 Å². The Labute approximate surface area is 105 Å². The van der Waals surface area contributed by atoms with E-state index < -0.39 is 0 Å². The molecule has 1 aromatic rings. The van der Waals surface area contributed by atoms with Crippen LogP contribution in [0.15, 0.2) is 0 Å². The Kier molecular flexibility index (Phi) is 8.05. The van der Waals surface area contributed by atoms with E-state index >= 15 is 0 Å². The van der Waals surface area contributed by atoms with Crippen molar-refractivity contribution in [1.82, 2.24) is 15.5 Å². The van der Waals surface area contributed by atoms with Crippen molar-refractivity contribution in [2.75, 3.05) is 18.9 Å². The fraction of sp³-hybridized carbons (Fsp3) is 0.667. The standard InChI is InChI=1S/C9H16N4OS.ClH/c1-3-8-12-13-9(15-8)11-7(14)5-4-6-10-2;/h10H,3-6H2,1-2H3,(H,11,13,14);1H. The zero-order chi connectivity index (χ0) is 11.1. The molecule has 16 heavy (non-hydrogen) atoms. The third-order valence-corrected chi connectivity index (χ3v) is 2.83. The van der Waals surface area contributed by atoms with E-state index in [0.29, 0.717) is 11.6 Å². The van der Waals surface area contributed by atoms with E-state index in [2.05, 4.69) is 20.8 Å². The maximum absolute atomic E-state index is 11.4. The van der Waals surface area contributed by atoms with E-state index in [1.54, 1.807) is 0 Å². The summed E-state index contributed by atoms with van der Waals surface area (Å²) in [5, 5.41) is 15.1. The molecule has 5 nitrogen and oxygen atoms in total. The average Bonchev–Trinajstić information content (AvgIpc) is 2.66. The highest BCUT2D eigenvalue weighted by molar-refractivity contribution is 7.15. The number of aryl methyl sites for hydroxylation is 1. The van der Waals surface area contributed by atoms with E-state index in [0.717, 1.165) is 24.4 Å². The number of carbonyl (C=O) groups is 1. The maximum Gasteiger partial charge on any atom is 0.226 e. The zero-order valence-corrected chi connectivity index (χ0v) is 11.1. The number of nitrogens with one attached hydrogen (secondary N) is 2. The quantitative estimate of drug-likeness (QED) is 0.764. The molecule has 0 unspecified atom stereocenters. The Hall–Kier alpha value is -0.720. The molecule has 1 amide bonds. The average molecular weight is 265 g/mol. The van der Waals surface area contributed by atoms with Gasteiger partial charge in [0.25, 0.3) is 0 Å². The molecule has 0 spiro atoms. The normalized spacial score (nSPS) is 9.62. The molecule has 0 saturated carbocycles. The highest BCUT2D eigenvalue weighted by Gasteiger charge is 2.06. The third kappa shape index (κ3) is 5.39. The van der Waals surface area contributed by atoms with Crippen LogP contribution in [0.4, 0.5) is 5.13 Å². The molecule has 1 heterocycles. The van der Waals surface area contributed by atoms with Gasteiger partial charge in [0.1, 0.15) is 5.01 Å². The Morgan fingerprint density at radius 3 is 2.75 bits per heavy atom. The number of anilines is 1. The summed E-state index contributed by atoms with van der Waals surface area (Å²) in [5.41, 5.74) is 0. The van der Waals surface area contributed by atoms with Crippen LogP contribution >= 0.6 is 23.7 Å². The second-order valence-corrected chi connectivity index (χ2v) is 4.17. The number of nitrogens with zero attached hydrogens (tertiary/aromatic N) is 2. The molecule has 92 valence electrons. The summed E-state index contributed by atoms with van der Waals surface area (Å²) in [4.78, 5) is 11.4. The van der Waals surface area contributed by atoms with Crippen LogP contribution in [0.1, 0.15) is 24.8 Å². The number of hydrogen-bond acceptors (Lipinski definition) is 5. The first-order valence-corrected chi connectivity index (χ1v) is 5.84. The Morgan fingerprint density at radius 2 is 2.19 bits per heavy atom. The monoisotopic (exact) mass is 264 g/mol. The molecule has 0 radical (unpaired) electrons. The number of amides is 1. The van der Waals surface area contributed by atoms with E-state index in [4.69, 9.17) is 0 Å². The van der Waals surface area contributed by atoms with Crippen LogP contribution in [0.3, 0.4) is 0 Å². The number of rotatable bonds is 6. The van der Waals surface area contributed by atoms with Crippen molar-refractivity contribution in [2.45, 2.75) is 26.2 Å². The lowest BCUT2D eigenvalue weighted by atomic mass is 10.3. The van der Waals surface area contributed by atoms with Crippen LogP contribution in [0.25, 0.3) is 0 Å². The molecule has 0 fully saturated rings. The summed E-state index contributed by atoms with van der Waals surface area (Å²) in [6, 6.07) is 0. The van der Waals surface area contributed by atoms with E-state index in [9.17, 15) is 4.79 Å². The highest BCUT2D eigenvalue weighted by atomic mass is 35.5. The molecule has 0 aromatic carbocycles. The SMILES string of the molecule is CCc1nnc(NC(=O)CCCNC)s1.Cl. The minimum atomic E-state index is 0. The smallest absolute Gasteiger partial charge is 0.226 e. The molecule has 1 aromatic heterocycles. The number of halogens is 1. The molecule has 0 aliphatic carbocycles. The molecule has 0 saturated heterocycles. The minimum absolute atomic E-state index is 0. The fourth-order valence-corrected chi connectivity index (χ4v) is 1.75. The van der Waals surface area contributed by atoms with Gasteiger partial charge >= 0.3 is 0 Å². The first-order chi connectivity index (χ1) is 7.26. The van der Waals surface area contributed by atoms with Crippen LogP contribution < -0.4 is 10.6 Å². The fourth-order valence-electron chi connectivity index (χ4n) is 1.05. The number of hydrogen-bond donors (Lipinski definition) is 2. The van der Waals surface area contributed by atoms with Gasteiger partial charge in [-0.2, -0.15) is 0 Å². The Balaban J connectivity index is 0.00000225. The molecule has 0 bridgehead atoms. The van der Waals surface area contributed by atoms with Crippen molar-refractivity contribution >= 4 is 34.8 Å². The van der Waals surface area contributed by atoms with E-state index in [1.807, 2.05) is 14.0 Å². The summed E-state index contributed by atoms with van der Waals surface area (Å²) in [7, 11) is 1.87. The molecule has 1 rings (SSSR count). The second kappa shape index (κ2) is 8.43. The summed E-state index contributed by atoms with van der Waals surface area (Å²) in [5.74, 6) is 0.00375. The predicted molar refractivity (Wildman–Crippen MR) is 68.3 cm³/mol. The van der Waals surface area contributed by atoms with Gasteiger partial charge in [0, 0.05) is 6.42 Å². The van der Waals surface area contributed by atoms with E-state index in [1.165, 1.54) is 11.3 Å². The van der Waals surface area contributed by atoms with Crippen LogP contribution in [0.2, 0.25) is 0 Å². The third-order valence-electron chi connectivity index (χ3n) is 1.85. The highest BCUT2D eigenvalue weighted by Crippen LogP contribution is 2.15. The van der Waals surface area contributed by atoms with Gasteiger partial charge in [0.2, 0.25) is 11.0 Å². The molecule has 0 aliphatic rings. The van der Waals surface area contributed by atoms with Crippen molar-refractivity contribution in [1.29, 1.82) is 0 Å². The lowest BCUT2D eigenvalue weighted by Crippen LogP contribution is -2.15. The van der Waals surface area contributed by atoms with Gasteiger partial charge in [-0.15, -0.1) is 22.6 Å². The van der Waals surface area contributed by atoms with Crippen molar-refractivity contribution in [3.05, 3.63) is 5.01 Å². The van der Waals surface area contributed by atoms with Crippen molar-refractivity contribution < 1.29 is 4.79 Å².